The Hall–Kier alpha value is -1.50. The fourth-order valence-electron chi connectivity index (χ4n) is 1.53. The van der Waals surface area contributed by atoms with Crippen molar-refractivity contribution in [1.29, 1.82) is 0 Å². The summed E-state index contributed by atoms with van der Waals surface area (Å²) in [5, 5.41) is 11.6. The first-order valence-electron chi connectivity index (χ1n) is 5.78. The molecule has 0 heterocycles. The van der Waals surface area contributed by atoms with Crippen molar-refractivity contribution in [2.75, 3.05) is 11.9 Å². The van der Waals surface area contributed by atoms with Gasteiger partial charge in [-0.3, -0.25) is 0 Å². The zero-order valence-electron chi connectivity index (χ0n) is 10.6. The molecule has 0 radical (unpaired) electrons. The molecule has 0 aliphatic heterocycles. The normalized spacial score (nSPS) is 12.3. The van der Waals surface area contributed by atoms with Crippen LogP contribution >= 0.6 is 15.9 Å². The second kappa shape index (κ2) is 6.78. The van der Waals surface area contributed by atoms with Crippen molar-refractivity contribution in [2.24, 2.45) is 0 Å². The number of halogens is 4. The maximum Gasteiger partial charge on any atom is 0.416 e. The molecule has 0 saturated heterocycles. The predicted octanol–water partition coefficient (Wildman–Crippen LogP) is 4.30. The minimum atomic E-state index is -4.42. The van der Waals surface area contributed by atoms with Crippen LogP contribution < -0.4 is 5.32 Å². The van der Waals surface area contributed by atoms with E-state index in [9.17, 15) is 18.0 Å². The summed E-state index contributed by atoms with van der Waals surface area (Å²) in [6.45, 7) is 1.84. The van der Waals surface area contributed by atoms with Gasteiger partial charge in [-0.1, -0.05) is 28.9 Å². The number of alkyl halides is 3. The smallest absolute Gasteiger partial charge is 0.416 e. The van der Waals surface area contributed by atoms with E-state index in [4.69, 9.17) is 5.11 Å². The third kappa shape index (κ3) is 4.88. The highest BCUT2D eigenvalue weighted by atomic mass is 79.9. The molecule has 0 aromatic heterocycles. The molecule has 3 nitrogen and oxygen atoms in total. The minimum absolute atomic E-state index is 0.142. The topological polar surface area (TPSA) is 49.3 Å². The van der Waals surface area contributed by atoms with E-state index < -0.39 is 17.7 Å². The fraction of sp³-hybridized carbons (Fsp3) is 0.308. The van der Waals surface area contributed by atoms with Gasteiger partial charge in [-0.25, -0.2) is 4.79 Å². The van der Waals surface area contributed by atoms with Crippen molar-refractivity contribution in [3.8, 4) is 0 Å². The fourth-order valence-corrected chi connectivity index (χ4v) is 2.02. The van der Waals surface area contributed by atoms with Gasteiger partial charge < -0.3 is 10.4 Å². The molecule has 1 aromatic rings. The molecule has 0 bridgehead atoms. The summed E-state index contributed by atoms with van der Waals surface area (Å²) in [4.78, 5) is 10.8. The number of rotatable bonds is 5. The molecule has 0 saturated carbocycles. The number of benzene rings is 1. The van der Waals surface area contributed by atoms with E-state index >= 15 is 0 Å². The van der Waals surface area contributed by atoms with E-state index in [-0.39, 0.29) is 17.8 Å². The van der Waals surface area contributed by atoms with Crippen LogP contribution in [0.5, 0.6) is 0 Å². The molecule has 0 amide bonds. The minimum Gasteiger partial charge on any atom is -0.478 e. The Morgan fingerprint density at radius 3 is 2.55 bits per heavy atom. The second-order valence-corrected chi connectivity index (χ2v) is 4.91. The first-order valence-corrected chi connectivity index (χ1v) is 6.57. The Kier molecular flexibility index (Phi) is 5.62. The number of hydrogen-bond donors (Lipinski definition) is 2. The van der Waals surface area contributed by atoms with Crippen LogP contribution in [0.4, 0.5) is 18.9 Å². The highest BCUT2D eigenvalue weighted by Crippen LogP contribution is 2.33. The molecule has 0 fully saturated rings. The van der Waals surface area contributed by atoms with Gasteiger partial charge in [-0.15, -0.1) is 0 Å². The van der Waals surface area contributed by atoms with Crippen LogP contribution in [0.15, 0.2) is 34.3 Å². The van der Waals surface area contributed by atoms with Gasteiger partial charge in [-0.05, 0) is 24.6 Å². The molecule has 2 N–H and O–H groups in total. The summed E-state index contributed by atoms with van der Waals surface area (Å²) in [6.07, 6.45) is -2.63. The van der Waals surface area contributed by atoms with Crippen LogP contribution in [0, 0.1) is 0 Å². The number of carboxylic acid groups (broad SMARTS) is 1. The number of carboxylic acids is 1. The van der Waals surface area contributed by atoms with Crippen LogP contribution in [-0.4, -0.2) is 17.6 Å². The van der Waals surface area contributed by atoms with Gasteiger partial charge in [0, 0.05) is 22.3 Å². The van der Waals surface area contributed by atoms with Gasteiger partial charge in [0.25, 0.3) is 0 Å². The number of anilines is 1. The van der Waals surface area contributed by atoms with Gasteiger partial charge in [0.05, 0.1) is 5.56 Å². The average Bonchev–Trinajstić information content (AvgIpc) is 2.32. The Labute approximate surface area is 122 Å². The highest BCUT2D eigenvalue weighted by molar-refractivity contribution is 9.10. The molecule has 0 unspecified atom stereocenters. The van der Waals surface area contributed by atoms with E-state index in [1.165, 1.54) is 12.1 Å². The Morgan fingerprint density at radius 2 is 2.05 bits per heavy atom. The van der Waals surface area contributed by atoms with E-state index in [1.54, 1.807) is 6.92 Å². The number of aliphatic carboxylic acids is 1. The molecular weight excluding hydrogens is 339 g/mol. The summed E-state index contributed by atoms with van der Waals surface area (Å²) in [5.74, 6) is -1.03. The van der Waals surface area contributed by atoms with E-state index in [1.807, 2.05) is 0 Å². The van der Waals surface area contributed by atoms with Crippen LogP contribution in [0.25, 0.3) is 0 Å². The van der Waals surface area contributed by atoms with E-state index in [0.29, 0.717) is 10.9 Å². The van der Waals surface area contributed by atoms with Crippen LogP contribution in [0.3, 0.4) is 0 Å². The lowest BCUT2D eigenvalue weighted by Gasteiger charge is -2.11. The summed E-state index contributed by atoms with van der Waals surface area (Å²) in [5.41, 5.74) is -0.292. The van der Waals surface area contributed by atoms with Crippen molar-refractivity contribution in [1.82, 2.24) is 0 Å². The Morgan fingerprint density at radius 1 is 1.40 bits per heavy atom. The summed E-state index contributed by atoms with van der Waals surface area (Å²) >= 11 is 3.01. The van der Waals surface area contributed by atoms with E-state index in [2.05, 4.69) is 21.2 Å². The Balaban J connectivity index is 2.84. The molecule has 0 spiro atoms. The maximum atomic E-state index is 12.6. The predicted molar refractivity (Wildman–Crippen MR) is 73.6 cm³/mol. The standard InChI is InChI=1S/C13H13BrF3NO2/c1-2-8(12(19)20)3-4-18-11-6-9(13(15,16)17)5-10(14)7-11/h3,5-7,18H,2,4H2,1H3,(H,19,20)/b8-3-. The van der Waals surface area contributed by atoms with Crippen LogP contribution in [0.1, 0.15) is 18.9 Å². The first-order chi connectivity index (χ1) is 9.24. The monoisotopic (exact) mass is 351 g/mol. The molecule has 0 aliphatic rings. The molecule has 20 heavy (non-hydrogen) atoms. The maximum absolute atomic E-state index is 12.6. The van der Waals surface area contributed by atoms with Crippen LogP contribution in [0.2, 0.25) is 0 Å². The molecular formula is C13H13BrF3NO2. The summed E-state index contributed by atoms with van der Waals surface area (Å²) in [7, 11) is 0. The molecule has 0 aliphatic carbocycles. The zero-order valence-corrected chi connectivity index (χ0v) is 12.2. The lowest BCUT2D eigenvalue weighted by atomic mass is 10.2. The summed E-state index contributed by atoms with van der Waals surface area (Å²) < 4.78 is 38.2. The van der Waals surface area contributed by atoms with Gasteiger partial charge in [0.15, 0.2) is 0 Å². The number of carbonyl (C=O) groups is 1. The number of hydrogen-bond acceptors (Lipinski definition) is 2. The zero-order chi connectivity index (χ0) is 15.3. The highest BCUT2D eigenvalue weighted by Gasteiger charge is 2.31. The van der Waals surface area contributed by atoms with Gasteiger partial charge >= 0.3 is 12.1 Å². The quantitative estimate of drug-likeness (QED) is 0.777. The third-order valence-corrected chi connectivity index (χ3v) is 2.99. The largest absolute Gasteiger partial charge is 0.478 e. The molecule has 7 heteroatoms. The van der Waals surface area contributed by atoms with Gasteiger partial charge in [-0.2, -0.15) is 13.2 Å². The van der Waals surface area contributed by atoms with Gasteiger partial charge in [0.1, 0.15) is 0 Å². The first kappa shape index (κ1) is 16.6. The lowest BCUT2D eigenvalue weighted by molar-refractivity contribution is -0.137. The van der Waals surface area contributed by atoms with E-state index in [0.717, 1.165) is 12.1 Å². The van der Waals surface area contributed by atoms with Crippen molar-refractivity contribution < 1.29 is 23.1 Å². The van der Waals surface area contributed by atoms with Crippen LogP contribution in [-0.2, 0) is 11.0 Å². The second-order valence-electron chi connectivity index (χ2n) is 4.00. The Bertz CT molecular complexity index is 527. The molecule has 110 valence electrons. The number of nitrogens with one attached hydrogen (secondary N) is 1. The van der Waals surface area contributed by atoms with Crippen molar-refractivity contribution in [2.45, 2.75) is 19.5 Å². The van der Waals surface area contributed by atoms with Crippen molar-refractivity contribution in [3.63, 3.8) is 0 Å². The molecule has 1 rings (SSSR count). The average molecular weight is 352 g/mol. The molecule has 1 aromatic carbocycles. The van der Waals surface area contributed by atoms with Gasteiger partial charge in [0.2, 0.25) is 0 Å². The lowest BCUT2D eigenvalue weighted by Crippen LogP contribution is -2.08. The SMILES string of the molecule is CC/C(=C/CNc1cc(Br)cc(C(F)(F)F)c1)C(=O)O. The van der Waals surface area contributed by atoms with Crippen molar-refractivity contribution in [3.05, 3.63) is 39.9 Å². The van der Waals surface area contributed by atoms with Crippen molar-refractivity contribution >= 4 is 27.6 Å². The third-order valence-electron chi connectivity index (χ3n) is 2.54. The summed E-state index contributed by atoms with van der Waals surface area (Å²) in [6, 6.07) is 3.45. The molecule has 0 atom stereocenters.